The Morgan fingerprint density at radius 2 is 2.00 bits per heavy atom. The van der Waals surface area contributed by atoms with Gasteiger partial charge < -0.3 is 0 Å². The Balaban J connectivity index is 1.95. The Labute approximate surface area is 116 Å². The number of hydrogen-bond donors (Lipinski definition) is 0. The molecule has 4 rings (SSSR count). The number of benzene rings is 1. The molecule has 2 heteroatoms. The van der Waals surface area contributed by atoms with Crippen molar-refractivity contribution in [2.24, 2.45) is 5.92 Å². The van der Waals surface area contributed by atoms with Gasteiger partial charge in [-0.2, -0.15) is 0 Å². The van der Waals surface area contributed by atoms with E-state index in [9.17, 15) is 9.59 Å². The molecule has 0 bridgehead atoms. The first-order valence-corrected chi connectivity index (χ1v) is 7.00. The van der Waals surface area contributed by atoms with Crippen molar-refractivity contribution >= 4 is 23.7 Å². The van der Waals surface area contributed by atoms with Crippen molar-refractivity contribution in [3.05, 3.63) is 57.5 Å². The summed E-state index contributed by atoms with van der Waals surface area (Å²) < 4.78 is 0. The van der Waals surface area contributed by atoms with E-state index < -0.39 is 0 Å². The normalized spacial score (nSPS) is 23.0. The highest BCUT2D eigenvalue weighted by atomic mass is 16.1. The molecular weight excluding hydrogens is 248 g/mol. The molecule has 98 valence electrons. The van der Waals surface area contributed by atoms with Gasteiger partial charge in [0.05, 0.1) is 0 Å². The van der Waals surface area contributed by atoms with Gasteiger partial charge in [0.1, 0.15) is 0 Å². The topological polar surface area (TPSA) is 34.1 Å². The summed E-state index contributed by atoms with van der Waals surface area (Å²) in [6.07, 6.45) is 11.9. The third kappa shape index (κ3) is 1.64. The molecule has 0 saturated heterocycles. The van der Waals surface area contributed by atoms with Gasteiger partial charge in [0, 0.05) is 17.9 Å². The van der Waals surface area contributed by atoms with Gasteiger partial charge in [0.25, 0.3) is 0 Å². The van der Waals surface area contributed by atoms with Crippen LogP contribution in [0.3, 0.4) is 0 Å². The van der Waals surface area contributed by atoms with Crippen LogP contribution in [0.1, 0.15) is 28.8 Å². The Hall–Kier alpha value is -2.22. The fourth-order valence-electron chi connectivity index (χ4n) is 3.34. The molecule has 0 spiro atoms. The lowest BCUT2D eigenvalue weighted by molar-refractivity contribution is -0.112. The number of fused-ring (bicyclic) bond motifs is 3. The highest BCUT2D eigenvalue weighted by molar-refractivity contribution is 6.09. The summed E-state index contributed by atoms with van der Waals surface area (Å²) >= 11 is 0. The van der Waals surface area contributed by atoms with Gasteiger partial charge in [0.15, 0.2) is 11.6 Å². The zero-order valence-electron chi connectivity index (χ0n) is 11.1. The molecule has 2 nitrogen and oxygen atoms in total. The number of Topliss-reactive ketones (excluding diaryl/α,β-unsaturated/α-hetero) is 2. The van der Waals surface area contributed by atoms with Gasteiger partial charge in [-0.3, -0.25) is 9.59 Å². The van der Waals surface area contributed by atoms with Crippen LogP contribution in [0.15, 0.2) is 35.9 Å². The minimum absolute atomic E-state index is 0.0275. The maximum Gasteiger partial charge on any atom is 0.170 e. The molecule has 0 aromatic heterocycles. The molecule has 1 atom stereocenters. The lowest BCUT2D eigenvalue weighted by atomic mass is 9.75. The van der Waals surface area contributed by atoms with Crippen LogP contribution in [-0.4, -0.2) is 11.6 Å². The van der Waals surface area contributed by atoms with Crippen LogP contribution in [0, 0.1) is 5.92 Å². The first-order valence-electron chi connectivity index (χ1n) is 7.00. The van der Waals surface area contributed by atoms with E-state index in [1.165, 1.54) is 5.57 Å². The van der Waals surface area contributed by atoms with Crippen molar-refractivity contribution in [1.29, 1.82) is 0 Å². The number of ketones is 2. The molecule has 3 aliphatic rings. The molecule has 3 aliphatic carbocycles. The van der Waals surface area contributed by atoms with Crippen molar-refractivity contribution in [3.8, 4) is 0 Å². The maximum atomic E-state index is 12.6. The van der Waals surface area contributed by atoms with E-state index >= 15 is 0 Å². The van der Waals surface area contributed by atoms with Gasteiger partial charge in [-0.1, -0.05) is 29.9 Å². The van der Waals surface area contributed by atoms with E-state index in [1.807, 2.05) is 24.3 Å². The van der Waals surface area contributed by atoms with Crippen molar-refractivity contribution in [2.75, 3.05) is 0 Å². The molecule has 0 aliphatic heterocycles. The highest BCUT2D eigenvalue weighted by Crippen LogP contribution is 2.33. The predicted octanol–water partition coefficient (Wildman–Crippen LogP) is 1.46. The smallest absolute Gasteiger partial charge is 0.170 e. The quantitative estimate of drug-likeness (QED) is 0.709. The van der Waals surface area contributed by atoms with Crippen molar-refractivity contribution < 1.29 is 9.59 Å². The van der Waals surface area contributed by atoms with Crippen molar-refractivity contribution in [1.82, 2.24) is 0 Å². The zero-order valence-corrected chi connectivity index (χ0v) is 11.1. The Bertz CT molecular complexity index is 822. The minimum atomic E-state index is 0.0275. The summed E-state index contributed by atoms with van der Waals surface area (Å²) in [5.41, 5.74) is 3.11. The second-order valence-corrected chi connectivity index (χ2v) is 5.66. The third-order valence-electron chi connectivity index (χ3n) is 4.39. The highest BCUT2D eigenvalue weighted by Gasteiger charge is 2.31. The van der Waals surface area contributed by atoms with Gasteiger partial charge in [-0.25, -0.2) is 0 Å². The van der Waals surface area contributed by atoms with E-state index in [-0.39, 0.29) is 17.5 Å². The molecule has 0 saturated carbocycles. The van der Waals surface area contributed by atoms with E-state index in [4.69, 9.17) is 0 Å². The summed E-state index contributed by atoms with van der Waals surface area (Å²) in [6.45, 7) is 0. The van der Waals surface area contributed by atoms with Crippen LogP contribution in [0.4, 0.5) is 0 Å². The van der Waals surface area contributed by atoms with Crippen LogP contribution in [-0.2, 0) is 11.2 Å². The number of carbonyl (C=O) groups excluding carboxylic acids is 2. The first kappa shape index (κ1) is 11.6. The second kappa shape index (κ2) is 4.14. The molecule has 0 heterocycles. The largest absolute Gasteiger partial charge is 0.294 e. The number of carbonyl (C=O) groups is 2. The van der Waals surface area contributed by atoms with Crippen molar-refractivity contribution in [3.63, 3.8) is 0 Å². The SMILES string of the molecule is O=C1C=c2cc3c(cc2=CC1)C(=O)C1CC=CC=C1C3. The monoisotopic (exact) mass is 262 g/mol. The molecule has 1 unspecified atom stereocenters. The molecule has 0 fully saturated rings. The number of rotatable bonds is 0. The lowest BCUT2D eigenvalue weighted by Gasteiger charge is -2.27. The summed E-state index contributed by atoms with van der Waals surface area (Å²) in [5, 5.41) is 1.98. The average molecular weight is 262 g/mol. The molecule has 20 heavy (non-hydrogen) atoms. The Morgan fingerprint density at radius 1 is 1.10 bits per heavy atom. The molecular formula is C18H14O2. The van der Waals surface area contributed by atoms with Crippen LogP contribution in [0.2, 0.25) is 0 Å². The summed E-state index contributed by atoms with van der Waals surface area (Å²) in [4.78, 5) is 24.1. The summed E-state index contributed by atoms with van der Waals surface area (Å²) in [5.74, 6) is 0.395. The molecule has 1 aromatic rings. The van der Waals surface area contributed by atoms with Crippen LogP contribution < -0.4 is 10.4 Å². The zero-order chi connectivity index (χ0) is 13.7. The molecule has 0 N–H and O–H groups in total. The second-order valence-electron chi connectivity index (χ2n) is 5.66. The molecule has 0 radical (unpaired) electrons. The fraction of sp³-hybridized carbons (Fsp3) is 0.222. The number of hydrogen-bond acceptors (Lipinski definition) is 2. The van der Waals surface area contributed by atoms with Crippen LogP contribution in [0.25, 0.3) is 12.2 Å². The van der Waals surface area contributed by atoms with Crippen molar-refractivity contribution in [2.45, 2.75) is 19.3 Å². The average Bonchev–Trinajstić information content (AvgIpc) is 2.46. The summed E-state index contributed by atoms with van der Waals surface area (Å²) in [6, 6.07) is 4.00. The van der Waals surface area contributed by atoms with Gasteiger partial charge >= 0.3 is 0 Å². The number of allylic oxidation sites excluding steroid dienone is 4. The van der Waals surface area contributed by atoms with E-state index in [0.29, 0.717) is 6.42 Å². The van der Waals surface area contributed by atoms with E-state index in [1.54, 1.807) is 6.08 Å². The van der Waals surface area contributed by atoms with Crippen LogP contribution >= 0.6 is 0 Å². The maximum absolute atomic E-state index is 12.6. The van der Waals surface area contributed by atoms with Gasteiger partial charge in [-0.15, -0.1) is 0 Å². The van der Waals surface area contributed by atoms with E-state index in [2.05, 4.69) is 12.2 Å². The standard InChI is InChI=1S/C18H14O2/c19-15-6-5-11-10-17-14(8-13(11)9-15)7-12-3-1-2-4-16(12)18(17)20/h1-3,5,8-10,16H,4,6-7H2. The lowest BCUT2D eigenvalue weighted by Crippen LogP contribution is -2.35. The minimum Gasteiger partial charge on any atom is -0.294 e. The third-order valence-corrected chi connectivity index (χ3v) is 4.39. The van der Waals surface area contributed by atoms with Gasteiger partial charge in [-0.05, 0) is 47.1 Å². The van der Waals surface area contributed by atoms with E-state index in [0.717, 1.165) is 34.4 Å². The van der Waals surface area contributed by atoms with Gasteiger partial charge in [0.2, 0.25) is 0 Å². The van der Waals surface area contributed by atoms with Crippen LogP contribution in [0.5, 0.6) is 0 Å². The molecule has 0 amide bonds. The summed E-state index contributed by atoms with van der Waals surface area (Å²) in [7, 11) is 0. The predicted molar refractivity (Wildman–Crippen MR) is 77.6 cm³/mol. The molecule has 1 aromatic carbocycles. The Kier molecular flexibility index (Phi) is 2.40. The Morgan fingerprint density at radius 3 is 2.90 bits per heavy atom. The fourth-order valence-corrected chi connectivity index (χ4v) is 3.34. The first-order chi connectivity index (χ1) is 9.72.